The Labute approximate surface area is 142 Å². The minimum Gasteiger partial charge on any atom is -0.368 e. The van der Waals surface area contributed by atoms with Crippen molar-refractivity contribution in [3.05, 3.63) is 66.0 Å². The number of hydrogen-bond acceptors (Lipinski definition) is 2. The molecule has 1 aliphatic heterocycles. The number of piperazine rings is 1. The predicted molar refractivity (Wildman–Crippen MR) is 96.8 cm³/mol. The Balaban J connectivity index is 1.53. The molecule has 0 saturated carbocycles. The number of nitrogens with one attached hydrogen (secondary N) is 1. The first-order valence-corrected chi connectivity index (χ1v) is 8.26. The van der Waals surface area contributed by atoms with Crippen LogP contribution in [0.3, 0.4) is 0 Å². The number of halogens is 1. The summed E-state index contributed by atoms with van der Waals surface area (Å²) in [6.45, 7) is 4.45. The van der Waals surface area contributed by atoms with E-state index in [4.69, 9.17) is 0 Å². The van der Waals surface area contributed by atoms with Crippen molar-refractivity contribution in [2.24, 2.45) is 4.99 Å². The SMILES string of the molecule is CN=C(NCc1ccc(F)cc1)N1CCN(c2ccccc2)CC1. The van der Waals surface area contributed by atoms with Crippen LogP contribution in [0.1, 0.15) is 5.56 Å². The molecule has 0 atom stereocenters. The second-order valence-corrected chi connectivity index (χ2v) is 5.84. The van der Waals surface area contributed by atoms with Gasteiger partial charge in [0.15, 0.2) is 5.96 Å². The Hall–Kier alpha value is -2.56. The van der Waals surface area contributed by atoms with E-state index in [0.717, 1.165) is 37.7 Å². The van der Waals surface area contributed by atoms with Crippen LogP contribution in [0.25, 0.3) is 0 Å². The highest BCUT2D eigenvalue weighted by Gasteiger charge is 2.19. The molecule has 1 saturated heterocycles. The van der Waals surface area contributed by atoms with Crippen molar-refractivity contribution in [3.63, 3.8) is 0 Å². The zero-order chi connectivity index (χ0) is 16.8. The maximum Gasteiger partial charge on any atom is 0.194 e. The van der Waals surface area contributed by atoms with E-state index in [9.17, 15) is 4.39 Å². The molecule has 5 heteroatoms. The molecule has 1 heterocycles. The van der Waals surface area contributed by atoms with Gasteiger partial charge in [0.2, 0.25) is 0 Å². The highest BCUT2D eigenvalue weighted by atomic mass is 19.1. The highest BCUT2D eigenvalue weighted by molar-refractivity contribution is 5.80. The maximum absolute atomic E-state index is 13.0. The molecule has 4 nitrogen and oxygen atoms in total. The van der Waals surface area contributed by atoms with Gasteiger partial charge in [-0.15, -0.1) is 0 Å². The highest BCUT2D eigenvalue weighted by Crippen LogP contribution is 2.15. The van der Waals surface area contributed by atoms with Crippen LogP contribution in [0.2, 0.25) is 0 Å². The molecule has 0 radical (unpaired) electrons. The summed E-state index contributed by atoms with van der Waals surface area (Å²) >= 11 is 0. The number of rotatable bonds is 3. The number of hydrogen-bond donors (Lipinski definition) is 1. The van der Waals surface area contributed by atoms with Crippen LogP contribution in [-0.4, -0.2) is 44.1 Å². The molecule has 0 spiro atoms. The summed E-state index contributed by atoms with van der Waals surface area (Å²) in [6.07, 6.45) is 0. The summed E-state index contributed by atoms with van der Waals surface area (Å²) in [4.78, 5) is 9.04. The summed E-state index contributed by atoms with van der Waals surface area (Å²) < 4.78 is 13.0. The van der Waals surface area contributed by atoms with Crippen LogP contribution in [0.5, 0.6) is 0 Å². The van der Waals surface area contributed by atoms with Gasteiger partial charge in [-0.25, -0.2) is 4.39 Å². The summed E-state index contributed by atoms with van der Waals surface area (Å²) in [5, 5.41) is 3.36. The Morgan fingerprint density at radius 2 is 1.67 bits per heavy atom. The van der Waals surface area contributed by atoms with E-state index in [-0.39, 0.29) is 5.82 Å². The molecule has 2 aromatic carbocycles. The lowest BCUT2D eigenvalue weighted by Gasteiger charge is -2.37. The minimum absolute atomic E-state index is 0.208. The quantitative estimate of drug-likeness (QED) is 0.695. The first-order chi connectivity index (χ1) is 11.8. The van der Waals surface area contributed by atoms with Crippen molar-refractivity contribution in [1.29, 1.82) is 0 Å². The van der Waals surface area contributed by atoms with E-state index >= 15 is 0 Å². The van der Waals surface area contributed by atoms with Crippen LogP contribution in [0.4, 0.5) is 10.1 Å². The molecule has 0 aliphatic carbocycles. The molecular weight excluding hydrogens is 303 g/mol. The summed E-state index contributed by atoms with van der Waals surface area (Å²) in [5.41, 5.74) is 2.31. The average Bonchev–Trinajstić information content (AvgIpc) is 2.65. The van der Waals surface area contributed by atoms with E-state index in [1.54, 1.807) is 19.2 Å². The van der Waals surface area contributed by atoms with Gasteiger partial charge in [-0.1, -0.05) is 30.3 Å². The summed E-state index contributed by atoms with van der Waals surface area (Å²) in [6, 6.07) is 17.0. The van der Waals surface area contributed by atoms with Crippen molar-refractivity contribution >= 4 is 11.6 Å². The van der Waals surface area contributed by atoms with E-state index in [1.165, 1.54) is 17.8 Å². The largest absolute Gasteiger partial charge is 0.368 e. The molecule has 0 unspecified atom stereocenters. The third kappa shape index (κ3) is 4.04. The zero-order valence-electron chi connectivity index (χ0n) is 14.0. The second-order valence-electron chi connectivity index (χ2n) is 5.84. The molecule has 1 aliphatic rings. The molecule has 126 valence electrons. The van der Waals surface area contributed by atoms with Gasteiger partial charge < -0.3 is 15.1 Å². The van der Waals surface area contributed by atoms with Crippen LogP contribution in [0.15, 0.2) is 59.6 Å². The van der Waals surface area contributed by atoms with Crippen LogP contribution >= 0.6 is 0 Å². The molecule has 3 rings (SSSR count). The number of guanidine groups is 1. The number of aliphatic imine (C=N–C) groups is 1. The van der Waals surface area contributed by atoms with Crippen LogP contribution in [0, 0.1) is 5.82 Å². The van der Waals surface area contributed by atoms with Crippen molar-refractivity contribution in [3.8, 4) is 0 Å². The first-order valence-electron chi connectivity index (χ1n) is 8.26. The van der Waals surface area contributed by atoms with E-state index in [1.807, 2.05) is 6.07 Å². The molecule has 24 heavy (non-hydrogen) atoms. The van der Waals surface area contributed by atoms with Gasteiger partial charge in [0, 0.05) is 45.5 Å². The topological polar surface area (TPSA) is 30.9 Å². The van der Waals surface area contributed by atoms with Gasteiger partial charge in [-0.3, -0.25) is 4.99 Å². The average molecular weight is 326 g/mol. The molecule has 1 fully saturated rings. The lowest BCUT2D eigenvalue weighted by molar-refractivity contribution is 0.372. The third-order valence-corrected chi connectivity index (χ3v) is 4.28. The van der Waals surface area contributed by atoms with Gasteiger partial charge in [0.05, 0.1) is 0 Å². The number of benzene rings is 2. The fourth-order valence-electron chi connectivity index (χ4n) is 2.93. The van der Waals surface area contributed by atoms with Crippen LogP contribution < -0.4 is 10.2 Å². The standard InChI is InChI=1S/C19H23FN4/c1-21-19(22-15-16-7-9-17(20)10-8-16)24-13-11-23(12-14-24)18-5-3-2-4-6-18/h2-10H,11-15H2,1H3,(H,21,22). The Kier molecular flexibility index (Phi) is 5.31. The Bertz CT molecular complexity index is 662. The monoisotopic (exact) mass is 326 g/mol. The molecule has 0 amide bonds. The fourth-order valence-corrected chi connectivity index (χ4v) is 2.93. The lowest BCUT2D eigenvalue weighted by atomic mass is 10.2. The van der Waals surface area contributed by atoms with Crippen molar-refractivity contribution < 1.29 is 4.39 Å². The Morgan fingerprint density at radius 3 is 2.29 bits per heavy atom. The van der Waals surface area contributed by atoms with Gasteiger partial charge in [-0.2, -0.15) is 0 Å². The number of anilines is 1. The minimum atomic E-state index is -0.208. The molecule has 1 N–H and O–H groups in total. The predicted octanol–water partition coefficient (Wildman–Crippen LogP) is 2.72. The van der Waals surface area contributed by atoms with Gasteiger partial charge in [0.25, 0.3) is 0 Å². The third-order valence-electron chi connectivity index (χ3n) is 4.28. The van der Waals surface area contributed by atoms with Crippen molar-refractivity contribution in [2.75, 3.05) is 38.1 Å². The van der Waals surface area contributed by atoms with Gasteiger partial charge in [-0.05, 0) is 29.8 Å². The van der Waals surface area contributed by atoms with E-state index in [0.29, 0.717) is 6.54 Å². The lowest BCUT2D eigenvalue weighted by Crippen LogP contribution is -2.52. The smallest absolute Gasteiger partial charge is 0.194 e. The Morgan fingerprint density at radius 1 is 1.00 bits per heavy atom. The second kappa shape index (κ2) is 7.81. The van der Waals surface area contributed by atoms with Crippen molar-refractivity contribution in [1.82, 2.24) is 10.2 Å². The first kappa shape index (κ1) is 16.3. The van der Waals surface area contributed by atoms with E-state index in [2.05, 4.69) is 44.4 Å². The molecule has 0 bridgehead atoms. The summed E-state index contributed by atoms with van der Waals surface area (Å²) in [7, 11) is 1.80. The maximum atomic E-state index is 13.0. The fraction of sp³-hybridized carbons (Fsp3) is 0.316. The normalized spacial score (nSPS) is 15.5. The number of nitrogens with zero attached hydrogens (tertiary/aromatic N) is 3. The molecular formula is C19H23FN4. The zero-order valence-corrected chi connectivity index (χ0v) is 14.0. The van der Waals surface area contributed by atoms with Crippen LogP contribution in [-0.2, 0) is 6.54 Å². The van der Waals surface area contributed by atoms with Gasteiger partial charge in [0.1, 0.15) is 5.82 Å². The van der Waals surface area contributed by atoms with Gasteiger partial charge >= 0.3 is 0 Å². The van der Waals surface area contributed by atoms with E-state index < -0.39 is 0 Å². The van der Waals surface area contributed by atoms with Crippen molar-refractivity contribution in [2.45, 2.75) is 6.54 Å². The molecule has 0 aromatic heterocycles. The summed E-state index contributed by atoms with van der Waals surface area (Å²) in [5.74, 6) is 0.687. The molecule has 2 aromatic rings. The number of para-hydroxylation sites is 1.